The van der Waals surface area contributed by atoms with Crippen molar-refractivity contribution >= 4 is 0 Å². The fourth-order valence-corrected chi connectivity index (χ4v) is 3.37. The summed E-state index contributed by atoms with van der Waals surface area (Å²) in [6, 6.07) is 2.09. The number of rotatable bonds is 6. The first-order valence-corrected chi connectivity index (χ1v) is 7.98. The summed E-state index contributed by atoms with van der Waals surface area (Å²) in [5.41, 5.74) is 0. The molecule has 1 heterocycles. The lowest BCUT2D eigenvalue weighted by Gasteiger charge is -2.44. The van der Waals surface area contributed by atoms with Gasteiger partial charge in [-0.3, -0.25) is 4.90 Å². The summed E-state index contributed by atoms with van der Waals surface area (Å²) in [6.07, 6.45) is 3.88. The molecule has 0 bridgehead atoms. The lowest BCUT2D eigenvalue weighted by Crippen LogP contribution is -2.53. The Labute approximate surface area is 115 Å². The third kappa shape index (κ3) is 4.24. The van der Waals surface area contributed by atoms with Crippen LogP contribution in [0.3, 0.4) is 0 Å². The SMILES string of the molecule is CCC(CC)NCC(C)N1CC(C)CC(C)C1C. The van der Waals surface area contributed by atoms with Gasteiger partial charge in [-0.15, -0.1) is 0 Å². The monoisotopic (exact) mass is 254 g/mol. The van der Waals surface area contributed by atoms with E-state index in [1.54, 1.807) is 0 Å². The number of likely N-dealkylation sites (tertiary alicyclic amines) is 1. The van der Waals surface area contributed by atoms with Crippen LogP contribution in [0.1, 0.15) is 60.8 Å². The fraction of sp³-hybridized carbons (Fsp3) is 1.00. The van der Waals surface area contributed by atoms with Gasteiger partial charge in [0.1, 0.15) is 0 Å². The predicted octanol–water partition coefficient (Wildman–Crippen LogP) is 3.52. The summed E-state index contributed by atoms with van der Waals surface area (Å²) in [5, 5.41) is 3.72. The van der Waals surface area contributed by atoms with Crippen molar-refractivity contribution in [1.82, 2.24) is 10.2 Å². The first kappa shape index (κ1) is 16.0. The van der Waals surface area contributed by atoms with Gasteiger partial charge in [-0.1, -0.05) is 27.7 Å². The van der Waals surface area contributed by atoms with Crippen molar-refractivity contribution in [2.24, 2.45) is 11.8 Å². The highest BCUT2D eigenvalue weighted by atomic mass is 15.2. The molecule has 2 nitrogen and oxygen atoms in total. The Kier molecular flexibility index (Phi) is 6.65. The van der Waals surface area contributed by atoms with Crippen molar-refractivity contribution in [3.63, 3.8) is 0 Å². The molecule has 108 valence electrons. The van der Waals surface area contributed by atoms with Gasteiger partial charge in [0.25, 0.3) is 0 Å². The molecule has 0 aromatic rings. The summed E-state index contributed by atoms with van der Waals surface area (Å²) in [4.78, 5) is 2.72. The van der Waals surface area contributed by atoms with Gasteiger partial charge in [0.05, 0.1) is 0 Å². The van der Waals surface area contributed by atoms with Crippen LogP contribution in [-0.2, 0) is 0 Å². The maximum absolute atomic E-state index is 3.72. The zero-order valence-electron chi connectivity index (χ0n) is 13.4. The Morgan fingerprint density at radius 1 is 1.17 bits per heavy atom. The van der Waals surface area contributed by atoms with Crippen LogP contribution in [0.15, 0.2) is 0 Å². The Balaban J connectivity index is 2.46. The summed E-state index contributed by atoms with van der Waals surface area (Å²) >= 11 is 0. The van der Waals surface area contributed by atoms with Crippen molar-refractivity contribution in [3.05, 3.63) is 0 Å². The second kappa shape index (κ2) is 7.49. The van der Waals surface area contributed by atoms with E-state index >= 15 is 0 Å². The highest BCUT2D eigenvalue weighted by Gasteiger charge is 2.31. The Hall–Kier alpha value is -0.0800. The molecule has 0 radical (unpaired) electrons. The third-order valence-corrected chi connectivity index (χ3v) is 4.90. The first-order valence-electron chi connectivity index (χ1n) is 7.98. The van der Waals surface area contributed by atoms with Crippen LogP contribution >= 0.6 is 0 Å². The van der Waals surface area contributed by atoms with E-state index in [9.17, 15) is 0 Å². The Morgan fingerprint density at radius 3 is 2.33 bits per heavy atom. The molecular formula is C16H34N2. The quantitative estimate of drug-likeness (QED) is 0.780. The van der Waals surface area contributed by atoms with Gasteiger partial charge >= 0.3 is 0 Å². The second-order valence-corrected chi connectivity index (χ2v) is 6.53. The zero-order chi connectivity index (χ0) is 13.7. The van der Waals surface area contributed by atoms with Gasteiger partial charge in [-0.05, 0) is 44.9 Å². The van der Waals surface area contributed by atoms with E-state index in [0.717, 1.165) is 24.4 Å². The molecule has 4 unspecified atom stereocenters. The second-order valence-electron chi connectivity index (χ2n) is 6.53. The topological polar surface area (TPSA) is 15.3 Å². The summed E-state index contributed by atoms with van der Waals surface area (Å²) in [7, 11) is 0. The number of hydrogen-bond acceptors (Lipinski definition) is 2. The molecule has 0 aliphatic carbocycles. The smallest absolute Gasteiger partial charge is 0.0195 e. The molecule has 18 heavy (non-hydrogen) atoms. The molecule has 0 aromatic heterocycles. The van der Waals surface area contributed by atoms with Crippen LogP contribution in [0.25, 0.3) is 0 Å². The minimum atomic E-state index is 0.658. The van der Waals surface area contributed by atoms with Crippen LogP contribution in [0.2, 0.25) is 0 Å². The molecule has 0 amide bonds. The third-order valence-electron chi connectivity index (χ3n) is 4.90. The van der Waals surface area contributed by atoms with E-state index in [-0.39, 0.29) is 0 Å². The van der Waals surface area contributed by atoms with Gasteiger partial charge in [-0.2, -0.15) is 0 Å². The molecule has 1 aliphatic heterocycles. The van der Waals surface area contributed by atoms with Gasteiger partial charge in [0.15, 0.2) is 0 Å². The number of nitrogens with one attached hydrogen (secondary N) is 1. The average molecular weight is 254 g/mol. The van der Waals surface area contributed by atoms with E-state index in [0.29, 0.717) is 12.1 Å². The molecule has 1 fully saturated rings. The fourth-order valence-electron chi connectivity index (χ4n) is 3.37. The van der Waals surface area contributed by atoms with Crippen LogP contribution in [0.4, 0.5) is 0 Å². The average Bonchev–Trinajstić information content (AvgIpc) is 2.34. The lowest BCUT2D eigenvalue weighted by molar-refractivity contribution is 0.0455. The summed E-state index contributed by atoms with van der Waals surface area (Å²) < 4.78 is 0. The van der Waals surface area contributed by atoms with Crippen molar-refractivity contribution in [3.8, 4) is 0 Å². The lowest BCUT2D eigenvalue weighted by atomic mass is 9.85. The number of piperidine rings is 1. The van der Waals surface area contributed by atoms with Crippen molar-refractivity contribution in [2.45, 2.75) is 78.9 Å². The first-order chi connectivity index (χ1) is 8.49. The molecule has 0 aromatic carbocycles. The molecule has 4 atom stereocenters. The number of nitrogens with zero attached hydrogens (tertiary/aromatic N) is 1. The van der Waals surface area contributed by atoms with Crippen LogP contribution < -0.4 is 5.32 Å². The van der Waals surface area contributed by atoms with Crippen LogP contribution in [0, 0.1) is 11.8 Å². The zero-order valence-corrected chi connectivity index (χ0v) is 13.4. The standard InChI is InChI=1S/C16H34N2/c1-7-16(8-2)17-10-14(5)18-11-12(3)9-13(4)15(18)6/h12-17H,7-11H2,1-6H3. The van der Waals surface area contributed by atoms with E-state index in [1.165, 1.54) is 25.8 Å². The Bertz CT molecular complexity index is 225. The highest BCUT2D eigenvalue weighted by molar-refractivity contribution is 4.86. The molecule has 1 N–H and O–H groups in total. The van der Waals surface area contributed by atoms with Crippen molar-refractivity contribution in [2.75, 3.05) is 13.1 Å². The van der Waals surface area contributed by atoms with Crippen molar-refractivity contribution in [1.29, 1.82) is 0 Å². The molecule has 1 aliphatic rings. The minimum absolute atomic E-state index is 0.658. The van der Waals surface area contributed by atoms with Crippen LogP contribution in [-0.4, -0.2) is 36.1 Å². The Morgan fingerprint density at radius 2 is 1.78 bits per heavy atom. The van der Waals surface area contributed by atoms with E-state index in [2.05, 4.69) is 51.8 Å². The van der Waals surface area contributed by atoms with Gasteiger partial charge in [0, 0.05) is 31.2 Å². The van der Waals surface area contributed by atoms with Gasteiger partial charge in [-0.25, -0.2) is 0 Å². The molecular weight excluding hydrogens is 220 g/mol. The maximum Gasteiger partial charge on any atom is 0.0195 e. The van der Waals surface area contributed by atoms with E-state index < -0.39 is 0 Å². The molecule has 2 heteroatoms. The normalized spacial score (nSPS) is 31.8. The highest BCUT2D eigenvalue weighted by Crippen LogP contribution is 2.28. The molecule has 1 rings (SSSR count). The maximum atomic E-state index is 3.72. The molecule has 1 saturated heterocycles. The summed E-state index contributed by atoms with van der Waals surface area (Å²) in [5.74, 6) is 1.69. The largest absolute Gasteiger partial charge is 0.312 e. The predicted molar refractivity (Wildman–Crippen MR) is 80.9 cm³/mol. The van der Waals surface area contributed by atoms with Gasteiger partial charge in [0.2, 0.25) is 0 Å². The van der Waals surface area contributed by atoms with Crippen molar-refractivity contribution < 1.29 is 0 Å². The van der Waals surface area contributed by atoms with E-state index in [1.807, 2.05) is 0 Å². The van der Waals surface area contributed by atoms with E-state index in [4.69, 9.17) is 0 Å². The van der Waals surface area contributed by atoms with Crippen LogP contribution in [0.5, 0.6) is 0 Å². The minimum Gasteiger partial charge on any atom is -0.312 e. The molecule has 0 saturated carbocycles. The number of hydrogen-bond donors (Lipinski definition) is 1. The summed E-state index contributed by atoms with van der Waals surface area (Å²) in [6.45, 7) is 16.6. The van der Waals surface area contributed by atoms with Gasteiger partial charge < -0.3 is 5.32 Å². The molecule has 0 spiro atoms.